The number of aromatic nitrogens is 2. The van der Waals surface area contributed by atoms with Gasteiger partial charge in [-0.3, -0.25) is 14.4 Å². The molecule has 1 atom stereocenters. The predicted octanol–water partition coefficient (Wildman–Crippen LogP) is 1.39. The highest BCUT2D eigenvalue weighted by Crippen LogP contribution is 2.45. The lowest BCUT2D eigenvalue weighted by atomic mass is 9.67. The normalized spacial score (nSPS) is 26.7. The summed E-state index contributed by atoms with van der Waals surface area (Å²) in [4.78, 5) is 16.4. The van der Waals surface area contributed by atoms with Crippen LogP contribution < -0.4 is 0 Å². The predicted molar refractivity (Wildman–Crippen MR) is 92.2 cm³/mol. The third kappa shape index (κ3) is 3.09. The maximum atomic E-state index is 12.1. The maximum absolute atomic E-state index is 12.1. The van der Waals surface area contributed by atoms with Crippen LogP contribution >= 0.6 is 0 Å². The summed E-state index contributed by atoms with van der Waals surface area (Å²) in [7, 11) is 1.98. The van der Waals surface area contributed by atoms with Crippen LogP contribution in [0.2, 0.25) is 0 Å². The molecule has 24 heavy (non-hydrogen) atoms. The molecule has 0 radical (unpaired) electrons. The fourth-order valence-corrected chi connectivity index (χ4v) is 4.29. The van der Waals surface area contributed by atoms with E-state index in [0.717, 1.165) is 45.4 Å². The Kier molecular flexibility index (Phi) is 4.47. The van der Waals surface area contributed by atoms with Crippen molar-refractivity contribution in [2.75, 3.05) is 19.6 Å². The summed E-state index contributed by atoms with van der Waals surface area (Å²) in [5, 5.41) is 14.9. The number of aliphatic hydroxyl groups is 1. The molecule has 3 rings (SSSR count). The Morgan fingerprint density at radius 3 is 2.58 bits per heavy atom. The van der Waals surface area contributed by atoms with E-state index in [2.05, 4.69) is 16.1 Å². The Labute approximate surface area is 144 Å². The first kappa shape index (κ1) is 17.4. The fraction of sp³-hybridized carbons (Fsp3) is 0.778. The van der Waals surface area contributed by atoms with Crippen molar-refractivity contribution < 1.29 is 9.90 Å². The van der Waals surface area contributed by atoms with E-state index in [1.54, 1.807) is 6.92 Å². The molecular formula is C18H30N4O2. The Hall–Kier alpha value is -1.40. The molecule has 6 heteroatoms. The number of hydrogen-bond donors (Lipinski definition) is 1. The molecule has 0 unspecified atom stereocenters. The molecule has 0 saturated carbocycles. The molecule has 6 nitrogen and oxygen atoms in total. The van der Waals surface area contributed by atoms with Crippen molar-refractivity contribution in [3.05, 3.63) is 18.0 Å². The molecule has 1 aromatic heterocycles. The molecule has 1 amide bonds. The number of rotatable bonds is 2. The second-order valence-corrected chi connectivity index (χ2v) is 8.20. The summed E-state index contributed by atoms with van der Waals surface area (Å²) >= 11 is 0. The standard InChI is InChI=1S/C18H30N4O2/c1-14(23)22-13-18(11-16(24)17(22,2)3)6-9-21(10-7-18)12-15-5-8-19-20(15)4/h5,8,16,24H,6-7,9-13H2,1-4H3/t16-/m1/s1. The van der Waals surface area contributed by atoms with Gasteiger partial charge in [0.05, 0.1) is 17.3 Å². The highest BCUT2D eigenvalue weighted by molar-refractivity contribution is 5.74. The van der Waals surface area contributed by atoms with Gasteiger partial charge >= 0.3 is 0 Å². The molecule has 1 spiro atoms. The molecule has 2 aliphatic rings. The Morgan fingerprint density at radius 1 is 1.38 bits per heavy atom. The molecule has 1 N–H and O–H groups in total. The van der Waals surface area contributed by atoms with Crippen LogP contribution in [0.3, 0.4) is 0 Å². The van der Waals surface area contributed by atoms with Crippen molar-refractivity contribution in [2.24, 2.45) is 12.5 Å². The number of nitrogens with zero attached hydrogens (tertiary/aromatic N) is 4. The van der Waals surface area contributed by atoms with Gasteiger partial charge < -0.3 is 10.0 Å². The van der Waals surface area contributed by atoms with Crippen molar-refractivity contribution >= 4 is 5.91 Å². The number of aliphatic hydroxyl groups excluding tert-OH is 1. The van der Waals surface area contributed by atoms with Crippen LogP contribution in [0.25, 0.3) is 0 Å². The largest absolute Gasteiger partial charge is 0.391 e. The first-order valence-electron chi connectivity index (χ1n) is 8.89. The van der Waals surface area contributed by atoms with E-state index >= 15 is 0 Å². The zero-order valence-corrected chi connectivity index (χ0v) is 15.3. The van der Waals surface area contributed by atoms with Crippen LogP contribution in [0.5, 0.6) is 0 Å². The zero-order valence-electron chi connectivity index (χ0n) is 15.3. The summed E-state index contributed by atoms with van der Waals surface area (Å²) in [6.45, 7) is 9.26. The minimum Gasteiger partial charge on any atom is -0.391 e. The van der Waals surface area contributed by atoms with Crippen LogP contribution in [0.15, 0.2) is 12.3 Å². The van der Waals surface area contributed by atoms with Crippen LogP contribution in [0, 0.1) is 5.41 Å². The number of amides is 1. The smallest absolute Gasteiger partial charge is 0.219 e. The van der Waals surface area contributed by atoms with Gasteiger partial charge in [-0.25, -0.2) is 0 Å². The average molecular weight is 334 g/mol. The van der Waals surface area contributed by atoms with Crippen molar-refractivity contribution in [1.82, 2.24) is 19.6 Å². The monoisotopic (exact) mass is 334 g/mol. The highest BCUT2D eigenvalue weighted by atomic mass is 16.3. The molecular weight excluding hydrogens is 304 g/mol. The lowest BCUT2D eigenvalue weighted by Crippen LogP contribution is -2.64. The molecule has 0 aromatic carbocycles. The minimum atomic E-state index is -0.469. The van der Waals surface area contributed by atoms with Crippen LogP contribution in [0.4, 0.5) is 0 Å². The van der Waals surface area contributed by atoms with Gasteiger partial charge in [-0.1, -0.05) is 0 Å². The zero-order chi connectivity index (χ0) is 17.5. The molecule has 134 valence electrons. The molecule has 2 saturated heterocycles. The Balaban J connectivity index is 1.66. The van der Waals surface area contributed by atoms with E-state index in [4.69, 9.17) is 0 Å². The lowest BCUT2D eigenvalue weighted by Gasteiger charge is -2.55. The first-order chi connectivity index (χ1) is 11.2. The minimum absolute atomic E-state index is 0.0591. The number of likely N-dealkylation sites (tertiary alicyclic amines) is 2. The van der Waals surface area contributed by atoms with E-state index in [-0.39, 0.29) is 11.3 Å². The van der Waals surface area contributed by atoms with E-state index in [1.807, 2.05) is 36.7 Å². The van der Waals surface area contributed by atoms with E-state index < -0.39 is 11.6 Å². The van der Waals surface area contributed by atoms with E-state index in [1.165, 1.54) is 5.69 Å². The van der Waals surface area contributed by atoms with Crippen molar-refractivity contribution in [3.63, 3.8) is 0 Å². The van der Waals surface area contributed by atoms with Gasteiger partial charge in [0.1, 0.15) is 0 Å². The van der Waals surface area contributed by atoms with Crippen LogP contribution in [-0.4, -0.2) is 61.9 Å². The molecule has 1 aromatic rings. The second kappa shape index (κ2) is 6.15. The van der Waals surface area contributed by atoms with Gasteiger partial charge in [0.15, 0.2) is 0 Å². The SMILES string of the molecule is CC(=O)N1CC2(CCN(Cc3ccnn3C)CC2)C[C@@H](O)C1(C)C. The van der Waals surface area contributed by atoms with Crippen LogP contribution in [0.1, 0.15) is 45.7 Å². The van der Waals surface area contributed by atoms with Gasteiger partial charge in [-0.2, -0.15) is 5.10 Å². The fourth-order valence-electron chi connectivity index (χ4n) is 4.29. The van der Waals surface area contributed by atoms with Crippen molar-refractivity contribution in [2.45, 2.75) is 58.2 Å². The Morgan fingerprint density at radius 2 is 2.04 bits per heavy atom. The Bertz CT molecular complexity index is 602. The molecule has 2 fully saturated rings. The third-order valence-electron chi connectivity index (χ3n) is 6.24. The molecule has 2 aliphatic heterocycles. The topological polar surface area (TPSA) is 61.6 Å². The van der Waals surface area contributed by atoms with E-state index in [0.29, 0.717) is 0 Å². The van der Waals surface area contributed by atoms with Gasteiger partial charge in [0, 0.05) is 33.3 Å². The number of piperidine rings is 2. The quantitative estimate of drug-likeness (QED) is 0.888. The number of hydrogen-bond acceptors (Lipinski definition) is 4. The number of carbonyl (C=O) groups is 1. The van der Waals surface area contributed by atoms with Gasteiger partial charge in [0.25, 0.3) is 0 Å². The maximum Gasteiger partial charge on any atom is 0.219 e. The first-order valence-corrected chi connectivity index (χ1v) is 8.89. The summed E-state index contributed by atoms with van der Waals surface area (Å²) in [5.41, 5.74) is 0.813. The summed E-state index contributed by atoms with van der Waals surface area (Å²) < 4.78 is 1.93. The van der Waals surface area contributed by atoms with Gasteiger partial charge in [-0.05, 0) is 57.7 Å². The summed E-state index contributed by atoms with van der Waals surface area (Å²) in [6.07, 6.45) is 4.23. The molecule has 3 heterocycles. The van der Waals surface area contributed by atoms with Gasteiger partial charge in [0.2, 0.25) is 5.91 Å². The van der Waals surface area contributed by atoms with Crippen LogP contribution in [-0.2, 0) is 18.4 Å². The van der Waals surface area contributed by atoms with Gasteiger partial charge in [-0.15, -0.1) is 0 Å². The number of carbonyl (C=O) groups excluding carboxylic acids is 1. The highest BCUT2D eigenvalue weighted by Gasteiger charge is 2.50. The summed E-state index contributed by atoms with van der Waals surface area (Å²) in [6, 6.07) is 2.06. The molecule has 0 bridgehead atoms. The second-order valence-electron chi connectivity index (χ2n) is 8.20. The molecule has 0 aliphatic carbocycles. The average Bonchev–Trinajstić information content (AvgIpc) is 2.91. The lowest BCUT2D eigenvalue weighted by molar-refractivity contribution is -0.157. The number of aryl methyl sites for hydroxylation is 1. The van der Waals surface area contributed by atoms with E-state index in [9.17, 15) is 9.90 Å². The van der Waals surface area contributed by atoms with Crippen molar-refractivity contribution in [1.29, 1.82) is 0 Å². The third-order valence-corrected chi connectivity index (χ3v) is 6.24. The summed E-state index contributed by atoms with van der Waals surface area (Å²) in [5.74, 6) is 0.0652. The van der Waals surface area contributed by atoms with Crippen molar-refractivity contribution in [3.8, 4) is 0 Å².